The summed E-state index contributed by atoms with van der Waals surface area (Å²) in [6.07, 6.45) is -2.49. The highest BCUT2D eigenvalue weighted by Gasteiger charge is 2.36. The summed E-state index contributed by atoms with van der Waals surface area (Å²) >= 11 is 0. The van der Waals surface area contributed by atoms with Crippen LogP contribution in [0.1, 0.15) is 55.9 Å². The van der Waals surface area contributed by atoms with Crippen LogP contribution in [0.2, 0.25) is 0 Å². The molecular weight excluding hydrogens is 421 g/mol. The highest BCUT2D eigenvalue weighted by atomic mass is 19.4. The number of hydrogen-bond acceptors (Lipinski definition) is 4. The zero-order valence-corrected chi connectivity index (χ0v) is 17.3. The van der Waals surface area contributed by atoms with Crippen LogP contribution in [0.4, 0.5) is 13.2 Å². The van der Waals surface area contributed by atoms with Crippen LogP contribution < -0.4 is 5.32 Å². The summed E-state index contributed by atoms with van der Waals surface area (Å²) in [4.78, 5) is 39.3. The van der Waals surface area contributed by atoms with E-state index in [2.05, 4.69) is 5.32 Å². The van der Waals surface area contributed by atoms with Gasteiger partial charge in [0.1, 0.15) is 0 Å². The van der Waals surface area contributed by atoms with Gasteiger partial charge in [0.25, 0.3) is 11.8 Å². The zero-order chi connectivity index (χ0) is 22.9. The Hall–Kier alpha value is -3.00. The summed E-state index contributed by atoms with van der Waals surface area (Å²) in [5.74, 6) is -1.11. The van der Waals surface area contributed by atoms with Gasteiger partial charge in [-0.3, -0.25) is 19.3 Å². The predicted molar refractivity (Wildman–Crippen MR) is 111 cm³/mol. The lowest BCUT2D eigenvalue weighted by molar-refractivity contribution is -0.137. The van der Waals surface area contributed by atoms with Crippen molar-refractivity contribution in [2.45, 2.75) is 25.4 Å². The lowest BCUT2D eigenvalue weighted by Crippen LogP contribution is -2.41. The molecule has 1 saturated heterocycles. The number of rotatable bonds is 6. The standard InChI is InChI=1S/C24H23F3N2O3/c25-24(26,27)17-9-7-16(8-10-17)21(30)20-14-28-12-11-15(20)4-3-13-29-22(31)18-5-1-2-6-19(18)23(29)32/h1-2,5-10,15,20,28H,3-4,11-14H2. The molecule has 0 bridgehead atoms. The minimum atomic E-state index is -4.44. The number of amides is 2. The molecule has 2 unspecified atom stereocenters. The fourth-order valence-electron chi connectivity index (χ4n) is 4.56. The van der Waals surface area contributed by atoms with Crippen LogP contribution in [0.25, 0.3) is 0 Å². The second-order valence-corrected chi connectivity index (χ2v) is 8.25. The number of halogens is 3. The Morgan fingerprint density at radius 1 is 1.00 bits per heavy atom. The maximum absolute atomic E-state index is 13.0. The topological polar surface area (TPSA) is 66.5 Å². The molecule has 8 heteroatoms. The summed E-state index contributed by atoms with van der Waals surface area (Å²) in [7, 11) is 0. The van der Waals surface area contributed by atoms with Crippen LogP contribution >= 0.6 is 0 Å². The molecule has 0 spiro atoms. The maximum atomic E-state index is 13.0. The molecule has 5 nitrogen and oxygen atoms in total. The zero-order valence-electron chi connectivity index (χ0n) is 17.3. The van der Waals surface area contributed by atoms with E-state index in [9.17, 15) is 27.6 Å². The van der Waals surface area contributed by atoms with Gasteiger partial charge in [0, 0.05) is 24.6 Å². The third-order valence-electron chi connectivity index (χ3n) is 6.29. The Kier molecular flexibility index (Phi) is 6.15. The minimum Gasteiger partial charge on any atom is -0.316 e. The number of imide groups is 1. The van der Waals surface area contributed by atoms with Crippen molar-refractivity contribution in [2.75, 3.05) is 19.6 Å². The fraction of sp³-hybridized carbons (Fsp3) is 0.375. The van der Waals surface area contributed by atoms with E-state index >= 15 is 0 Å². The van der Waals surface area contributed by atoms with Gasteiger partial charge >= 0.3 is 6.18 Å². The minimum absolute atomic E-state index is 0.0289. The number of nitrogens with one attached hydrogen (secondary N) is 1. The maximum Gasteiger partial charge on any atom is 0.416 e. The average Bonchev–Trinajstić information content (AvgIpc) is 3.03. The molecule has 0 aromatic heterocycles. The van der Waals surface area contributed by atoms with Crippen molar-refractivity contribution >= 4 is 17.6 Å². The number of Topliss-reactive ketones (excluding diaryl/α,β-unsaturated/α-hetero) is 1. The number of carbonyl (C=O) groups excluding carboxylic acids is 3. The first-order chi connectivity index (χ1) is 15.3. The molecule has 0 saturated carbocycles. The molecule has 32 heavy (non-hydrogen) atoms. The Morgan fingerprint density at radius 2 is 1.62 bits per heavy atom. The van der Waals surface area contributed by atoms with E-state index in [0.717, 1.165) is 25.1 Å². The van der Waals surface area contributed by atoms with Gasteiger partial charge in [0.15, 0.2) is 5.78 Å². The molecule has 2 aliphatic heterocycles. The van der Waals surface area contributed by atoms with E-state index < -0.39 is 11.7 Å². The van der Waals surface area contributed by atoms with Gasteiger partial charge in [-0.15, -0.1) is 0 Å². The average molecular weight is 444 g/mol. The van der Waals surface area contributed by atoms with Crippen molar-refractivity contribution in [3.05, 3.63) is 70.8 Å². The van der Waals surface area contributed by atoms with Crippen LogP contribution in [-0.4, -0.2) is 42.1 Å². The predicted octanol–water partition coefficient (Wildman–Crippen LogP) is 4.19. The fourth-order valence-corrected chi connectivity index (χ4v) is 4.56. The molecule has 2 heterocycles. The monoisotopic (exact) mass is 444 g/mol. The van der Waals surface area contributed by atoms with Crippen LogP contribution in [0, 0.1) is 11.8 Å². The Morgan fingerprint density at radius 3 is 2.22 bits per heavy atom. The van der Waals surface area contributed by atoms with Gasteiger partial charge in [0.05, 0.1) is 16.7 Å². The van der Waals surface area contributed by atoms with Crippen molar-refractivity contribution in [1.29, 1.82) is 0 Å². The number of nitrogens with zero attached hydrogens (tertiary/aromatic N) is 1. The van der Waals surface area contributed by atoms with Crippen molar-refractivity contribution in [3.8, 4) is 0 Å². The lowest BCUT2D eigenvalue weighted by Gasteiger charge is -2.31. The van der Waals surface area contributed by atoms with E-state index in [0.29, 0.717) is 30.5 Å². The first kappa shape index (κ1) is 22.2. The largest absolute Gasteiger partial charge is 0.416 e. The first-order valence-corrected chi connectivity index (χ1v) is 10.6. The molecule has 2 amide bonds. The first-order valence-electron chi connectivity index (χ1n) is 10.6. The summed E-state index contributed by atoms with van der Waals surface area (Å²) in [6, 6.07) is 11.1. The SMILES string of the molecule is O=C(c1ccc(C(F)(F)F)cc1)C1CNCCC1CCCN1C(=O)c2ccccc2C1=O. The highest BCUT2D eigenvalue weighted by molar-refractivity contribution is 6.21. The molecule has 2 atom stereocenters. The van der Waals surface area contributed by atoms with Crippen LogP contribution in [0.15, 0.2) is 48.5 Å². The van der Waals surface area contributed by atoms with Gasteiger partial charge in [-0.2, -0.15) is 13.2 Å². The van der Waals surface area contributed by atoms with E-state index in [1.54, 1.807) is 24.3 Å². The molecule has 1 fully saturated rings. The van der Waals surface area contributed by atoms with Crippen molar-refractivity contribution in [3.63, 3.8) is 0 Å². The number of alkyl halides is 3. The molecule has 1 N–H and O–H groups in total. The molecule has 0 aliphatic carbocycles. The Balaban J connectivity index is 1.38. The summed E-state index contributed by atoms with van der Waals surface area (Å²) < 4.78 is 38.4. The normalized spacial score (nSPS) is 21.0. The molecule has 0 radical (unpaired) electrons. The quantitative estimate of drug-likeness (QED) is 0.536. The number of ketones is 1. The van der Waals surface area contributed by atoms with Crippen LogP contribution in [0.3, 0.4) is 0 Å². The Bertz CT molecular complexity index is 999. The van der Waals surface area contributed by atoms with Gasteiger partial charge in [-0.25, -0.2) is 0 Å². The third kappa shape index (κ3) is 4.32. The van der Waals surface area contributed by atoms with Gasteiger partial charge < -0.3 is 5.32 Å². The second kappa shape index (κ2) is 8.86. The number of piperidine rings is 1. The molecule has 168 valence electrons. The van der Waals surface area contributed by atoms with E-state index in [-0.39, 0.29) is 41.5 Å². The second-order valence-electron chi connectivity index (χ2n) is 8.25. The number of hydrogen-bond donors (Lipinski definition) is 1. The van der Waals surface area contributed by atoms with E-state index in [1.165, 1.54) is 17.0 Å². The molecule has 2 aromatic rings. The molecule has 2 aliphatic rings. The van der Waals surface area contributed by atoms with Gasteiger partial charge in [-0.05, 0) is 56.0 Å². The molecule has 2 aromatic carbocycles. The van der Waals surface area contributed by atoms with Gasteiger partial charge in [0.2, 0.25) is 0 Å². The third-order valence-corrected chi connectivity index (χ3v) is 6.29. The smallest absolute Gasteiger partial charge is 0.316 e. The summed E-state index contributed by atoms with van der Waals surface area (Å²) in [5, 5.41) is 3.19. The Labute approximate surface area is 183 Å². The lowest BCUT2D eigenvalue weighted by atomic mass is 9.78. The van der Waals surface area contributed by atoms with Gasteiger partial charge in [-0.1, -0.05) is 24.3 Å². The van der Waals surface area contributed by atoms with Crippen molar-refractivity contribution < 1.29 is 27.6 Å². The van der Waals surface area contributed by atoms with E-state index in [4.69, 9.17) is 0 Å². The van der Waals surface area contributed by atoms with Crippen LogP contribution in [-0.2, 0) is 6.18 Å². The van der Waals surface area contributed by atoms with Crippen LogP contribution in [0.5, 0.6) is 0 Å². The molecule has 4 rings (SSSR count). The number of carbonyl (C=O) groups is 3. The number of benzene rings is 2. The summed E-state index contributed by atoms with van der Waals surface area (Å²) in [5.41, 5.74) is 0.301. The molecular formula is C24H23F3N2O3. The highest BCUT2D eigenvalue weighted by Crippen LogP contribution is 2.32. The number of fused-ring (bicyclic) bond motifs is 1. The summed E-state index contributed by atoms with van der Waals surface area (Å²) in [6.45, 7) is 1.48. The van der Waals surface area contributed by atoms with E-state index in [1.807, 2.05) is 0 Å². The van der Waals surface area contributed by atoms with Crippen molar-refractivity contribution in [1.82, 2.24) is 10.2 Å². The van der Waals surface area contributed by atoms with Crippen molar-refractivity contribution in [2.24, 2.45) is 11.8 Å².